The fraction of sp³-hybridized carbons (Fsp3) is 0.524. The van der Waals surface area contributed by atoms with Crippen LogP contribution in [-0.2, 0) is 30.4 Å². The van der Waals surface area contributed by atoms with Crippen molar-refractivity contribution in [2.75, 3.05) is 45.6 Å². The molecule has 0 saturated carbocycles. The zero-order chi connectivity index (χ0) is 23.4. The van der Waals surface area contributed by atoms with Crippen molar-refractivity contribution >= 4 is 25.8 Å². The molecule has 3 aliphatic rings. The third-order valence-electron chi connectivity index (χ3n) is 6.56. The molecule has 0 N–H and O–H groups in total. The van der Waals surface area contributed by atoms with Gasteiger partial charge in [-0.3, -0.25) is 9.48 Å². The molecule has 1 aromatic carbocycles. The molecule has 2 saturated heterocycles. The van der Waals surface area contributed by atoms with Gasteiger partial charge in [0, 0.05) is 37.3 Å². The van der Waals surface area contributed by atoms with Crippen LogP contribution in [0, 0.1) is 0 Å². The van der Waals surface area contributed by atoms with Crippen LogP contribution >= 0.6 is 0 Å². The normalized spacial score (nSPS) is 21.4. The van der Waals surface area contributed by atoms with Gasteiger partial charge in [-0.05, 0) is 18.9 Å². The molecule has 4 heterocycles. The van der Waals surface area contributed by atoms with Crippen LogP contribution in [0.1, 0.15) is 34.9 Å². The van der Waals surface area contributed by atoms with E-state index in [2.05, 4.69) is 0 Å². The highest BCUT2D eigenvalue weighted by molar-refractivity contribution is 7.91. The first kappa shape index (κ1) is 22.5. The number of ether oxygens (including phenoxy) is 1. The van der Waals surface area contributed by atoms with Crippen LogP contribution in [0.3, 0.4) is 0 Å². The number of amides is 1. The Balaban J connectivity index is 1.61. The predicted octanol–water partition coefficient (Wildman–Crippen LogP) is 0.906. The average Bonchev–Trinajstić information content (AvgIpc) is 3.17. The van der Waals surface area contributed by atoms with Gasteiger partial charge in [0.25, 0.3) is 5.91 Å². The number of aromatic nitrogens is 2. The van der Waals surface area contributed by atoms with Gasteiger partial charge in [0.2, 0.25) is 10.0 Å². The first-order valence-corrected chi connectivity index (χ1v) is 14.4. The average molecular weight is 495 g/mol. The number of sulfone groups is 1. The van der Waals surface area contributed by atoms with E-state index < -0.39 is 19.9 Å². The van der Waals surface area contributed by atoms with Crippen LogP contribution < -0.4 is 0 Å². The number of piperidine rings is 1. The molecule has 1 amide bonds. The minimum absolute atomic E-state index is 0.142. The summed E-state index contributed by atoms with van der Waals surface area (Å²) in [6.07, 6.45) is 2.26. The van der Waals surface area contributed by atoms with Crippen molar-refractivity contribution in [3.8, 4) is 11.3 Å². The highest BCUT2D eigenvalue weighted by Crippen LogP contribution is 2.42. The fourth-order valence-corrected chi connectivity index (χ4v) is 7.33. The molecule has 12 heteroatoms. The number of carbonyl (C=O) groups excluding carboxylic acids is 1. The van der Waals surface area contributed by atoms with Crippen LogP contribution in [0.4, 0.5) is 0 Å². The van der Waals surface area contributed by atoms with Crippen LogP contribution in [0.5, 0.6) is 0 Å². The van der Waals surface area contributed by atoms with Gasteiger partial charge in [-0.2, -0.15) is 5.10 Å². The molecule has 0 unspecified atom stereocenters. The minimum atomic E-state index is -3.62. The first-order chi connectivity index (χ1) is 15.7. The topological polar surface area (TPSA) is 119 Å². The second-order valence-electron chi connectivity index (χ2n) is 8.67. The maximum atomic E-state index is 13.4. The maximum Gasteiger partial charge on any atom is 0.274 e. The van der Waals surface area contributed by atoms with Crippen LogP contribution in [0.15, 0.2) is 29.2 Å². The number of morpholine rings is 1. The summed E-state index contributed by atoms with van der Waals surface area (Å²) in [5.41, 5.74) is 1.78. The largest absolute Gasteiger partial charge is 0.378 e. The summed E-state index contributed by atoms with van der Waals surface area (Å²) in [5, 5.41) is 4.69. The molecule has 2 aromatic rings. The molecule has 5 rings (SSSR count). The van der Waals surface area contributed by atoms with Crippen LogP contribution in [0.25, 0.3) is 11.3 Å². The molecule has 3 aliphatic heterocycles. The Kier molecular flexibility index (Phi) is 5.58. The minimum Gasteiger partial charge on any atom is -0.378 e. The Labute approximate surface area is 193 Å². The summed E-state index contributed by atoms with van der Waals surface area (Å²) in [6, 6.07) is 6.65. The fourth-order valence-electron chi connectivity index (χ4n) is 4.86. The molecular weight excluding hydrogens is 468 g/mol. The van der Waals surface area contributed by atoms with Crippen molar-refractivity contribution in [2.24, 2.45) is 0 Å². The molecule has 0 spiro atoms. The standard InChI is InChI=1S/C21H26N4O6S2/c1-32(27,28)24-8-6-15(7-9-24)25-20-16-4-2-3-5-18(16)33(29,30)14-17(20)19(22-25)21(26)23-10-12-31-13-11-23/h2-5,15H,6-14H2,1H3. The van der Waals surface area contributed by atoms with Gasteiger partial charge in [-0.15, -0.1) is 0 Å². The van der Waals surface area contributed by atoms with Gasteiger partial charge >= 0.3 is 0 Å². The van der Waals surface area contributed by atoms with Crippen molar-refractivity contribution in [3.05, 3.63) is 35.5 Å². The van der Waals surface area contributed by atoms with E-state index in [0.29, 0.717) is 69.1 Å². The quantitative estimate of drug-likeness (QED) is 0.622. The molecule has 10 nitrogen and oxygen atoms in total. The van der Waals surface area contributed by atoms with Gasteiger partial charge in [0.15, 0.2) is 15.5 Å². The second kappa shape index (κ2) is 8.19. The first-order valence-electron chi connectivity index (χ1n) is 10.9. The number of hydrogen-bond donors (Lipinski definition) is 0. The van der Waals surface area contributed by atoms with Crippen molar-refractivity contribution < 1.29 is 26.4 Å². The van der Waals surface area contributed by atoms with Gasteiger partial charge in [0.05, 0.1) is 41.9 Å². The van der Waals surface area contributed by atoms with E-state index in [-0.39, 0.29) is 28.3 Å². The number of sulfonamides is 1. The van der Waals surface area contributed by atoms with Crippen molar-refractivity contribution in [2.45, 2.75) is 29.5 Å². The van der Waals surface area contributed by atoms with E-state index in [0.717, 1.165) is 0 Å². The highest BCUT2D eigenvalue weighted by atomic mass is 32.2. The number of benzene rings is 1. The van der Waals surface area contributed by atoms with Gasteiger partial charge in [0.1, 0.15) is 0 Å². The molecule has 178 valence electrons. The zero-order valence-electron chi connectivity index (χ0n) is 18.3. The van der Waals surface area contributed by atoms with Gasteiger partial charge < -0.3 is 9.64 Å². The Morgan fingerprint density at radius 3 is 2.42 bits per heavy atom. The van der Waals surface area contributed by atoms with Gasteiger partial charge in [-0.1, -0.05) is 18.2 Å². The number of hydrogen-bond acceptors (Lipinski definition) is 7. The summed E-state index contributed by atoms with van der Waals surface area (Å²) in [4.78, 5) is 15.3. The predicted molar refractivity (Wildman–Crippen MR) is 120 cm³/mol. The van der Waals surface area contributed by atoms with Crippen LogP contribution in [0.2, 0.25) is 0 Å². The van der Waals surface area contributed by atoms with E-state index in [1.54, 1.807) is 33.8 Å². The molecule has 0 aliphatic carbocycles. The molecule has 2 fully saturated rings. The number of rotatable bonds is 3. The number of fused-ring (bicyclic) bond motifs is 3. The number of nitrogens with zero attached hydrogens (tertiary/aromatic N) is 4. The van der Waals surface area contributed by atoms with E-state index in [1.807, 2.05) is 0 Å². The van der Waals surface area contributed by atoms with Crippen LogP contribution in [-0.4, -0.2) is 87.4 Å². The molecule has 33 heavy (non-hydrogen) atoms. The Morgan fingerprint density at radius 2 is 1.76 bits per heavy atom. The third kappa shape index (κ3) is 3.98. The molecule has 0 radical (unpaired) electrons. The third-order valence-corrected chi connectivity index (χ3v) is 9.56. The molecular formula is C21H26N4O6S2. The van der Waals surface area contributed by atoms with Crippen molar-refractivity contribution in [3.63, 3.8) is 0 Å². The van der Waals surface area contributed by atoms with Crippen molar-refractivity contribution in [1.29, 1.82) is 0 Å². The van der Waals surface area contributed by atoms with E-state index >= 15 is 0 Å². The maximum absolute atomic E-state index is 13.4. The lowest BCUT2D eigenvalue weighted by Gasteiger charge is -2.31. The summed E-state index contributed by atoms with van der Waals surface area (Å²) < 4.78 is 58.6. The Bertz CT molecular complexity index is 1300. The highest BCUT2D eigenvalue weighted by Gasteiger charge is 2.39. The lowest BCUT2D eigenvalue weighted by atomic mass is 10.0. The van der Waals surface area contributed by atoms with Crippen molar-refractivity contribution in [1.82, 2.24) is 19.0 Å². The van der Waals surface area contributed by atoms with E-state index in [1.165, 1.54) is 10.6 Å². The number of carbonyl (C=O) groups is 1. The molecule has 0 bridgehead atoms. The summed E-state index contributed by atoms with van der Waals surface area (Å²) >= 11 is 0. The molecule has 0 atom stereocenters. The zero-order valence-corrected chi connectivity index (χ0v) is 19.9. The molecule has 1 aromatic heterocycles. The Morgan fingerprint density at radius 1 is 1.09 bits per heavy atom. The van der Waals surface area contributed by atoms with Gasteiger partial charge in [-0.25, -0.2) is 21.1 Å². The summed E-state index contributed by atoms with van der Waals surface area (Å²) in [7, 11) is -6.91. The smallest absolute Gasteiger partial charge is 0.274 e. The summed E-state index contributed by atoms with van der Waals surface area (Å²) in [6.45, 7) is 2.42. The second-order valence-corrected chi connectivity index (χ2v) is 12.6. The lowest BCUT2D eigenvalue weighted by molar-refractivity contribution is 0.0297. The van der Waals surface area contributed by atoms with E-state index in [4.69, 9.17) is 9.84 Å². The SMILES string of the molecule is CS(=O)(=O)N1CCC(n2nc(C(=O)N3CCOCC3)c3c2-c2ccccc2S(=O)(=O)C3)CC1. The Hall–Kier alpha value is -2.28. The summed E-state index contributed by atoms with van der Waals surface area (Å²) in [5.74, 6) is -0.580. The lowest BCUT2D eigenvalue weighted by Crippen LogP contribution is -2.41. The van der Waals surface area contributed by atoms with E-state index in [9.17, 15) is 21.6 Å². The monoisotopic (exact) mass is 494 g/mol.